The molecule has 4 heteroatoms. The molecule has 2 aromatic heterocycles. The molecule has 0 aromatic carbocycles. The lowest BCUT2D eigenvalue weighted by molar-refractivity contribution is 0.527. The van der Waals surface area contributed by atoms with Crippen molar-refractivity contribution in [2.45, 2.75) is 149 Å². The van der Waals surface area contributed by atoms with E-state index in [4.69, 9.17) is 9.98 Å². The van der Waals surface area contributed by atoms with Gasteiger partial charge in [-0.3, -0.25) is 9.98 Å². The SMILES string of the molecule is CCCCCCCCN=c1ccn(CCCCCCCCCn2ccc(=NCCCCCCCC)cc2)cc1. The van der Waals surface area contributed by atoms with E-state index >= 15 is 0 Å². The summed E-state index contributed by atoms with van der Waals surface area (Å²) in [5, 5.41) is 2.26. The fraction of sp³-hybridized carbons (Fsp3) is 0.714. The summed E-state index contributed by atoms with van der Waals surface area (Å²) in [6.07, 6.45) is 34.0. The molecule has 0 amide bonds. The van der Waals surface area contributed by atoms with Crippen molar-refractivity contribution in [1.29, 1.82) is 0 Å². The Kier molecular flexibility index (Phi) is 20.2. The van der Waals surface area contributed by atoms with Crippen LogP contribution < -0.4 is 10.7 Å². The van der Waals surface area contributed by atoms with Crippen molar-refractivity contribution in [3.8, 4) is 0 Å². The maximum Gasteiger partial charge on any atom is 0.0603 e. The van der Waals surface area contributed by atoms with Crippen LogP contribution in [-0.2, 0) is 13.1 Å². The van der Waals surface area contributed by atoms with Crippen molar-refractivity contribution in [3.63, 3.8) is 0 Å². The van der Waals surface area contributed by atoms with E-state index in [2.05, 4.69) is 72.0 Å². The van der Waals surface area contributed by atoms with E-state index in [0.29, 0.717) is 0 Å². The molecule has 0 saturated heterocycles. The van der Waals surface area contributed by atoms with Gasteiger partial charge in [-0.05, 0) is 49.9 Å². The van der Waals surface area contributed by atoms with Crippen molar-refractivity contribution >= 4 is 0 Å². The van der Waals surface area contributed by atoms with Crippen LogP contribution in [0.3, 0.4) is 0 Å². The minimum absolute atomic E-state index is 0.969. The van der Waals surface area contributed by atoms with E-state index in [9.17, 15) is 0 Å². The van der Waals surface area contributed by atoms with Gasteiger partial charge in [-0.2, -0.15) is 0 Å². The number of nitrogens with zero attached hydrogens (tertiary/aromatic N) is 4. The van der Waals surface area contributed by atoms with Gasteiger partial charge in [-0.15, -0.1) is 0 Å². The fourth-order valence-electron chi connectivity index (χ4n) is 5.08. The lowest BCUT2D eigenvalue weighted by atomic mass is 10.1. The fourth-order valence-corrected chi connectivity index (χ4v) is 5.08. The smallest absolute Gasteiger partial charge is 0.0603 e. The number of unbranched alkanes of at least 4 members (excludes halogenated alkanes) is 16. The predicted molar refractivity (Wildman–Crippen MR) is 169 cm³/mol. The van der Waals surface area contributed by atoms with Crippen molar-refractivity contribution < 1.29 is 0 Å². The van der Waals surface area contributed by atoms with Crippen molar-refractivity contribution in [2.75, 3.05) is 13.1 Å². The zero-order valence-electron chi connectivity index (χ0n) is 25.7. The van der Waals surface area contributed by atoms with Gasteiger partial charge in [-0.25, -0.2) is 0 Å². The molecule has 39 heavy (non-hydrogen) atoms. The highest BCUT2D eigenvalue weighted by Gasteiger charge is 1.95. The van der Waals surface area contributed by atoms with Gasteiger partial charge in [0.15, 0.2) is 0 Å². The molecule has 0 aliphatic carbocycles. The van der Waals surface area contributed by atoms with E-state index in [1.165, 1.54) is 122 Å². The zero-order valence-corrected chi connectivity index (χ0v) is 25.7. The molecule has 0 radical (unpaired) electrons. The maximum absolute atomic E-state index is 4.74. The Hall–Kier alpha value is -2.10. The molecular formula is C35H60N4. The Morgan fingerprint density at radius 3 is 1.08 bits per heavy atom. The lowest BCUT2D eigenvalue weighted by Crippen LogP contribution is -2.07. The second kappa shape index (κ2) is 23.8. The third-order valence-corrected chi connectivity index (χ3v) is 7.69. The van der Waals surface area contributed by atoms with Crippen LogP contribution in [0.4, 0.5) is 0 Å². The lowest BCUT2D eigenvalue weighted by Gasteiger charge is -2.07. The van der Waals surface area contributed by atoms with E-state index in [0.717, 1.165) is 36.9 Å². The van der Waals surface area contributed by atoms with Crippen LogP contribution in [0.1, 0.15) is 136 Å². The first-order valence-electron chi connectivity index (χ1n) is 16.6. The average Bonchev–Trinajstić information content (AvgIpc) is 2.97. The molecule has 0 saturated carbocycles. The van der Waals surface area contributed by atoms with E-state index in [1.54, 1.807) is 0 Å². The highest BCUT2D eigenvalue weighted by atomic mass is 14.9. The summed E-state index contributed by atoms with van der Waals surface area (Å²) in [5.74, 6) is 0. The summed E-state index contributed by atoms with van der Waals surface area (Å²) < 4.78 is 4.63. The van der Waals surface area contributed by atoms with E-state index in [-0.39, 0.29) is 0 Å². The summed E-state index contributed by atoms with van der Waals surface area (Å²) in [6.45, 7) is 8.72. The van der Waals surface area contributed by atoms with Gasteiger partial charge in [0.05, 0.1) is 10.7 Å². The average molecular weight is 537 g/mol. The normalized spacial score (nSPS) is 11.1. The first kappa shape index (κ1) is 33.1. The van der Waals surface area contributed by atoms with Gasteiger partial charge in [0.25, 0.3) is 0 Å². The summed E-state index contributed by atoms with van der Waals surface area (Å²) in [7, 11) is 0. The molecule has 2 aromatic rings. The van der Waals surface area contributed by atoms with Crippen molar-refractivity contribution in [1.82, 2.24) is 9.13 Å². The Balaban J connectivity index is 1.44. The number of hydrogen-bond acceptors (Lipinski definition) is 2. The molecule has 0 fully saturated rings. The third kappa shape index (κ3) is 18.0. The second-order valence-electron chi connectivity index (χ2n) is 11.4. The molecule has 0 N–H and O–H groups in total. The molecule has 0 bridgehead atoms. The molecule has 2 heterocycles. The Bertz CT molecular complexity index is 837. The van der Waals surface area contributed by atoms with Crippen LogP contribution in [0.5, 0.6) is 0 Å². The second-order valence-corrected chi connectivity index (χ2v) is 11.4. The van der Waals surface area contributed by atoms with Crippen LogP contribution in [-0.4, -0.2) is 22.2 Å². The minimum Gasteiger partial charge on any atom is -0.354 e. The summed E-state index contributed by atoms with van der Waals surface area (Å²) in [4.78, 5) is 9.48. The molecule has 220 valence electrons. The third-order valence-electron chi connectivity index (χ3n) is 7.69. The first-order valence-corrected chi connectivity index (χ1v) is 16.6. The summed E-state index contributed by atoms with van der Waals surface area (Å²) >= 11 is 0. The number of rotatable bonds is 24. The topological polar surface area (TPSA) is 34.6 Å². The summed E-state index contributed by atoms with van der Waals surface area (Å²) in [6, 6.07) is 8.70. The Morgan fingerprint density at radius 2 is 0.718 bits per heavy atom. The van der Waals surface area contributed by atoms with Crippen LogP contribution >= 0.6 is 0 Å². The molecular weight excluding hydrogens is 476 g/mol. The highest BCUT2D eigenvalue weighted by molar-refractivity contribution is 4.94. The number of aryl methyl sites for hydroxylation is 2. The van der Waals surface area contributed by atoms with Gasteiger partial charge in [0.2, 0.25) is 0 Å². The van der Waals surface area contributed by atoms with Gasteiger partial charge in [0, 0.05) is 51.0 Å². The van der Waals surface area contributed by atoms with Crippen LogP contribution in [0.2, 0.25) is 0 Å². The number of pyridine rings is 2. The minimum atomic E-state index is 0.969. The van der Waals surface area contributed by atoms with Gasteiger partial charge in [0.1, 0.15) is 0 Å². The molecule has 0 spiro atoms. The van der Waals surface area contributed by atoms with E-state index in [1.807, 2.05) is 0 Å². The molecule has 2 rings (SSSR count). The highest BCUT2D eigenvalue weighted by Crippen LogP contribution is 2.09. The Labute approximate surface area is 240 Å². The Morgan fingerprint density at radius 1 is 0.410 bits per heavy atom. The van der Waals surface area contributed by atoms with Gasteiger partial charge in [-0.1, -0.05) is 110 Å². The molecule has 0 atom stereocenters. The maximum atomic E-state index is 4.74. The quantitative estimate of drug-likeness (QED) is 0.120. The molecule has 0 aliphatic rings. The van der Waals surface area contributed by atoms with Gasteiger partial charge >= 0.3 is 0 Å². The largest absolute Gasteiger partial charge is 0.354 e. The summed E-state index contributed by atoms with van der Waals surface area (Å²) in [5.41, 5.74) is 0. The van der Waals surface area contributed by atoms with Crippen molar-refractivity contribution in [3.05, 3.63) is 59.8 Å². The van der Waals surface area contributed by atoms with Crippen LogP contribution in [0.15, 0.2) is 59.0 Å². The number of aromatic nitrogens is 2. The first-order chi connectivity index (χ1) is 19.3. The molecule has 0 unspecified atom stereocenters. The van der Waals surface area contributed by atoms with Crippen LogP contribution in [0.25, 0.3) is 0 Å². The van der Waals surface area contributed by atoms with E-state index < -0.39 is 0 Å². The molecule has 0 aliphatic heterocycles. The van der Waals surface area contributed by atoms with Gasteiger partial charge < -0.3 is 9.13 Å². The predicted octanol–water partition coefficient (Wildman–Crippen LogP) is 9.24. The zero-order chi connectivity index (χ0) is 27.6. The standard InChI is InChI=1S/C35H60N4/c1-3-5-7-9-14-18-26-36-34-22-30-38(31-23-34)28-20-16-12-11-13-17-21-29-39-32-24-35(25-33-39)37-27-19-15-10-8-6-4-2/h22-25,30-33H,3-21,26-29H2,1-2H3. The number of hydrogen-bond donors (Lipinski definition) is 0. The molecule has 4 nitrogen and oxygen atoms in total. The van der Waals surface area contributed by atoms with Crippen LogP contribution in [0, 0.1) is 0 Å². The van der Waals surface area contributed by atoms with Crippen molar-refractivity contribution in [2.24, 2.45) is 9.98 Å². The monoisotopic (exact) mass is 536 g/mol.